The van der Waals surface area contributed by atoms with Gasteiger partial charge < -0.3 is 15.0 Å². The van der Waals surface area contributed by atoms with Gasteiger partial charge in [-0.1, -0.05) is 30.3 Å². The zero-order chi connectivity index (χ0) is 20.1. The topological polar surface area (TPSA) is 61.9 Å². The number of carbonyl (C=O) groups excluding carboxylic acids is 2. The third-order valence-corrected chi connectivity index (χ3v) is 5.59. The molecular formula is C23H27N3O3. The molecule has 6 nitrogen and oxygen atoms in total. The van der Waals surface area contributed by atoms with E-state index in [0.29, 0.717) is 31.9 Å². The maximum absolute atomic E-state index is 12.8. The van der Waals surface area contributed by atoms with Crippen LogP contribution in [0.4, 0.5) is 5.69 Å². The summed E-state index contributed by atoms with van der Waals surface area (Å²) < 4.78 is 5.30. The molecular weight excluding hydrogens is 366 g/mol. The second kappa shape index (κ2) is 9.20. The molecule has 2 aromatic rings. The number of nitrogens with zero attached hydrogens (tertiary/aromatic N) is 2. The van der Waals surface area contributed by atoms with E-state index in [4.69, 9.17) is 4.74 Å². The average Bonchev–Trinajstić information content (AvgIpc) is 3.23. The highest BCUT2D eigenvalue weighted by Gasteiger charge is 2.30. The van der Waals surface area contributed by atoms with E-state index in [-0.39, 0.29) is 17.9 Å². The number of rotatable bonds is 5. The molecule has 2 aliphatic rings. The van der Waals surface area contributed by atoms with Crippen molar-refractivity contribution in [3.05, 3.63) is 65.7 Å². The highest BCUT2D eigenvalue weighted by atomic mass is 16.5. The minimum atomic E-state index is -0.120. The van der Waals surface area contributed by atoms with Crippen LogP contribution in [0.1, 0.15) is 28.8 Å². The summed E-state index contributed by atoms with van der Waals surface area (Å²) in [5.41, 5.74) is 2.58. The van der Waals surface area contributed by atoms with Gasteiger partial charge in [-0.2, -0.15) is 0 Å². The summed E-state index contributed by atoms with van der Waals surface area (Å²) in [6.45, 7) is 4.12. The van der Waals surface area contributed by atoms with E-state index in [1.54, 1.807) is 17.0 Å². The van der Waals surface area contributed by atoms with Crippen LogP contribution in [-0.4, -0.2) is 60.5 Å². The van der Waals surface area contributed by atoms with Crippen molar-refractivity contribution in [3.63, 3.8) is 0 Å². The first kappa shape index (κ1) is 19.6. The second-order valence-electron chi connectivity index (χ2n) is 7.59. The van der Waals surface area contributed by atoms with Gasteiger partial charge in [-0.15, -0.1) is 0 Å². The lowest BCUT2D eigenvalue weighted by Crippen LogP contribution is -2.40. The zero-order valence-electron chi connectivity index (χ0n) is 16.5. The van der Waals surface area contributed by atoms with Crippen molar-refractivity contribution in [2.45, 2.75) is 25.4 Å². The lowest BCUT2D eigenvalue weighted by molar-refractivity contribution is -0.120. The molecule has 0 radical (unpaired) electrons. The van der Waals surface area contributed by atoms with Gasteiger partial charge in [0, 0.05) is 30.9 Å². The van der Waals surface area contributed by atoms with Crippen molar-refractivity contribution in [3.8, 4) is 0 Å². The molecule has 2 heterocycles. The lowest BCUT2D eigenvalue weighted by atomic mass is 10.1. The number of nitrogens with one attached hydrogen (secondary N) is 1. The van der Waals surface area contributed by atoms with Crippen LogP contribution in [-0.2, 0) is 16.1 Å². The van der Waals surface area contributed by atoms with Gasteiger partial charge in [-0.25, -0.2) is 0 Å². The molecule has 2 saturated heterocycles. The Morgan fingerprint density at radius 2 is 1.69 bits per heavy atom. The molecule has 0 spiro atoms. The number of anilines is 1. The average molecular weight is 393 g/mol. The van der Waals surface area contributed by atoms with E-state index in [9.17, 15) is 9.59 Å². The number of likely N-dealkylation sites (tertiary alicyclic amines) is 1. The van der Waals surface area contributed by atoms with E-state index >= 15 is 0 Å². The Labute approximate surface area is 171 Å². The van der Waals surface area contributed by atoms with E-state index in [1.165, 1.54) is 5.56 Å². The fraction of sp³-hybridized carbons (Fsp3) is 0.391. The highest BCUT2D eigenvalue weighted by Crippen LogP contribution is 2.22. The molecule has 6 heteroatoms. The van der Waals surface area contributed by atoms with Crippen LogP contribution < -0.4 is 5.32 Å². The third-order valence-electron chi connectivity index (χ3n) is 5.59. The first-order valence-corrected chi connectivity index (χ1v) is 10.3. The predicted molar refractivity (Wildman–Crippen MR) is 112 cm³/mol. The highest BCUT2D eigenvalue weighted by molar-refractivity contribution is 5.97. The molecule has 0 saturated carbocycles. The van der Waals surface area contributed by atoms with Crippen LogP contribution in [0.2, 0.25) is 0 Å². The van der Waals surface area contributed by atoms with Crippen molar-refractivity contribution >= 4 is 17.5 Å². The standard InChI is InChI=1S/C23H27N3O3/c27-22(21-7-4-12-26(21)17-18-5-2-1-3-6-18)24-20-10-8-19(9-11-20)23(28)25-13-15-29-16-14-25/h1-3,5-6,8-11,21H,4,7,12-17H2,(H,24,27). The SMILES string of the molecule is O=C(Nc1ccc(C(=O)N2CCOCC2)cc1)C1CCCN1Cc1ccccc1. The van der Waals surface area contributed by atoms with Crippen LogP contribution >= 0.6 is 0 Å². The number of morpholine rings is 1. The largest absolute Gasteiger partial charge is 0.378 e. The molecule has 2 fully saturated rings. The molecule has 1 unspecified atom stereocenters. The summed E-state index contributed by atoms with van der Waals surface area (Å²) in [6, 6.07) is 17.3. The Morgan fingerprint density at radius 3 is 2.41 bits per heavy atom. The Kier molecular flexibility index (Phi) is 6.22. The Bertz CT molecular complexity index is 832. The molecule has 2 aromatic carbocycles. The van der Waals surface area contributed by atoms with Crippen molar-refractivity contribution in [2.75, 3.05) is 38.2 Å². The smallest absolute Gasteiger partial charge is 0.254 e. The zero-order valence-corrected chi connectivity index (χ0v) is 16.5. The first-order valence-electron chi connectivity index (χ1n) is 10.3. The Morgan fingerprint density at radius 1 is 0.966 bits per heavy atom. The number of hydrogen-bond donors (Lipinski definition) is 1. The molecule has 0 aliphatic carbocycles. The fourth-order valence-electron chi connectivity index (χ4n) is 4.00. The second-order valence-corrected chi connectivity index (χ2v) is 7.59. The maximum Gasteiger partial charge on any atom is 0.254 e. The van der Waals surface area contributed by atoms with Crippen LogP contribution in [0, 0.1) is 0 Å². The van der Waals surface area contributed by atoms with E-state index in [1.807, 2.05) is 30.3 Å². The first-order chi connectivity index (χ1) is 14.2. The molecule has 0 bridgehead atoms. The van der Waals surface area contributed by atoms with Gasteiger partial charge in [-0.05, 0) is 49.2 Å². The maximum atomic E-state index is 12.8. The molecule has 29 heavy (non-hydrogen) atoms. The molecule has 4 rings (SSSR count). The minimum Gasteiger partial charge on any atom is -0.378 e. The van der Waals surface area contributed by atoms with Crippen LogP contribution in [0.3, 0.4) is 0 Å². The molecule has 1 N–H and O–H groups in total. The minimum absolute atomic E-state index is 0.0102. The monoisotopic (exact) mass is 393 g/mol. The van der Waals surface area contributed by atoms with Crippen molar-refractivity contribution in [1.29, 1.82) is 0 Å². The number of amides is 2. The lowest BCUT2D eigenvalue weighted by Gasteiger charge is -2.27. The van der Waals surface area contributed by atoms with Gasteiger partial charge in [0.1, 0.15) is 0 Å². The van der Waals surface area contributed by atoms with Gasteiger partial charge in [0.05, 0.1) is 19.3 Å². The van der Waals surface area contributed by atoms with Crippen LogP contribution in [0.25, 0.3) is 0 Å². The summed E-state index contributed by atoms with van der Waals surface area (Å²) >= 11 is 0. The Hall–Kier alpha value is -2.70. The van der Waals surface area contributed by atoms with Gasteiger partial charge >= 0.3 is 0 Å². The van der Waals surface area contributed by atoms with Gasteiger partial charge in [0.2, 0.25) is 5.91 Å². The molecule has 1 atom stereocenters. The molecule has 0 aromatic heterocycles. The number of hydrogen-bond acceptors (Lipinski definition) is 4. The summed E-state index contributed by atoms with van der Waals surface area (Å²) in [4.78, 5) is 29.4. The summed E-state index contributed by atoms with van der Waals surface area (Å²) in [5.74, 6) is 0.0293. The Balaban J connectivity index is 1.35. The number of ether oxygens (including phenoxy) is 1. The van der Waals surface area contributed by atoms with Crippen molar-refractivity contribution < 1.29 is 14.3 Å². The number of carbonyl (C=O) groups is 2. The quantitative estimate of drug-likeness (QED) is 0.849. The molecule has 2 aliphatic heterocycles. The van der Waals surface area contributed by atoms with E-state index < -0.39 is 0 Å². The third kappa shape index (κ3) is 4.83. The van der Waals surface area contributed by atoms with E-state index in [2.05, 4.69) is 22.3 Å². The van der Waals surface area contributed by atoms with Gasteiger partial charge in [0.15, 0.2) is 0 Å². The normalized spacial score (nSPS) is 19.9. The number of benzene rings is 2. The van der Waals surface area contributed by atoms with Gasteiger partial charge in [0.25, 0.3) is 5.91 Å². The van der Waals surface area contributed by atoms with Crippen LogP contribution in [0.15, 0.2) is 54.6 Å². The summed E-state index contributed by atoms with van der Waals surface area (Å²) in [7, 11) is 0. The molecule has 152 valence electrons. The molecule has 2 amide bonds. The predicted octanol–water partition coefficient (Wildman–Crippen LogP) is 2.76. The van der Waals surface area contributed by atoms with Crippen LogP contribution in [0.5, 0.6) is 0 Å². The van der Waals surface area contributed by atoms with Crippen molar-refractivity contribution in [1.82, 2.24) is 9.80 Å². The fourth-order valence-corrected chi connectivity index (χ4v) is 4.00. The van der Waals surface area contributed by atoms with Gasteiger partial charge in [-0.3, -0.25) is 14.5 Å². The van der Waals surface area contributed by atoms with E-state index in [0.717, 1.165) is 31.6 Å². The van der Waals surface area contributed by atoms with Crippen molar-refractivity contribution in [2.24, 2.45) is 0 Å². The summed E-state index contributed by atoms with van der Waals surface area (Å²) in [6.07, 6.45) is 1.89. The summed E-state index contributed by atoms with van der Waals surface area (Å²) in [5, 5.41) is 3.02.